The van der Waals surface area contributed by atoms with Crippen LogP contribution in [0.15, 0.2) is 29.2 Å². The molecule has 0 spiro atoms. The number of aromatic hydroxyl groups is 1. The fourth-order valence-electron chi connectivity index (χ4n) is 2.17. The van der Waals surface area contributed by atoms with Gasteiger partial charge < -0.3 is 15.6 Å². The number of ether oxygens (including phenoxy) is 1. The summed E-state index contributed by atoms with van der Waals surface area (Å²) in [6, 6.07) is 5.54. The molecular weight excluding hydrogens is 375 g/mol. The third-order valence-electron chi connectivity index (χ3n) is 3.19. The number of primary sulfonamides is 1. The number of hydrogen-bond donors (Lipinski definition) is 3. The first-order valence-electron chi connectivity index (χ1n) is 6.94. The number of aryl methyl sites for hydroxylation is 1. The molecule has 0 unspecified atom stereocenters. The molecule has 0 amide bonds. The molecule has 0 radical (unpaired) electrons. The van der Waals surface area contributed by atoms with Crippen LogP contribution in [-0.2, 0) is 16.4 Å². The minimum absolute atomic E-state index is 0.126. The monoisotopic (exact) mass is 390 g/mol. The summed E-state index contributed by atoms with van der Waals surface area (Å²) in [5, 5.41) is 15.6. The zero-order valence-electron chi connectivity index (χ0n) is 12.7. The average molecular weight is 391 g/mol. The van der Waals surface area contributed by atoms with E-state index < -0.39 is 14.9 Å². The third-order valence-corrected chi connectivity index (χ3v) is 4.68. The number of phenolic OH excluding ortho intramolecular Hbond substituents is 1. The quantitative estimate of drug-likeness (QED) is 0.673. The van der Waals surface area contributed by atoms with Gasteiger partial charge >= 0.3 is 0 Å². The van der Waals surface area contributed by atoms with Gasteiger partial charge in [0.1, 0.15) is 16.4 Å². The zero-order valence-corrected chi connectivity index (χ0v) is 15.0. The molecule has 0 saturated carbocycles. The Morgan fingerprint density at radius 1 is 1.17 bits per heavy atom. The van der Waals surface area contributed by atoms with Gasteiger partial charge in [0.2, 0.25) is 10.0 Å². The van der Waals surface area contributed by atoms with E-state index in [1.807, 2.05) is 6.92 Å². The van der Waals surface area contributed by atoms with Crippen molar-refractivity contribution in [3.63, 3.8) is 0 Å². The number of phenols is 1. The van der Waals surface area contributed by atoms with E-state index in [1.54, 1.807) is 0 Å². The predicted octanol–water partition coefficient (Wildman–Crippen LogP) is 3.67. The molecule has 130 valence electrons. The number of anilines is 1. The maximum atomic E-state index is 11.7. The number of halogens is 2. The van der Waals surface area contributed by atoms with Gasteiger partial charge in [-0.05, 0) is 30.2 Å². The first kappa shape index (κ1) is 18.7. The van der Waals surface area contributed by atoms with Crippen LogP contribution in [0.25, 0.3) is 0 Å². The lowest BCUT2D eigenvalue weighted by molar-refractivity contribution is 0.441. The molecule has 2 aromatic rings. The lowest BCUT2D eigenvalue weighted by atomic mass is 10.1. The molecule has 6 nitrogen and oxygen atoms in total. The molecule has 0 aliphatic carbocycles. The Labute approximate surface area is 150 Å². The molecule has 0 aromatic heterocycles. The van der Waals surface area contributed by atoms with Crippen LogP contribution in [0.4, 0.5) is 5.69 Å². The summed E-state index contributed by atoms with van der Waals surface area (Å²) in [6.45, 7) is 1.89. The summed E-state index contributed by atoms with van der Waals surface area (Å²) in [6.07, 6.45) is 1.12. The Kier molecular flexibility index (Phi) is 5.49. The van der Waals surface area contributed by atoms with Crippen molar-refractivity contribution in [3.05, 3.63) is 39.9 Å². The molecule has 0 aliphatic rings. The molecule has 5 N–H and O–H groups in total. The van der Waals surface area contributed by atoms with Gasteiger partial charge in [-0.25, -0.2) is 13.6 Å². The van der Waals surface area contributed by atoms with Crippen LogP contribution in [0.1, 0.15) is 18.9 Å². The lowest BCUT2D eigenvalue weighted by Gasteiger charge is -2.14. The molecule has 0 fully saturated rings. The first-order valence-corrected chi connectivity index (χ1v) is 9.24. The summed E-state index contributed by atoms with van der Waals surface area (Å²) >= 11 is 12.1. The van der Waals surface area contributed by atoms with Gasteiger partial charge in [-0.1, -0.05) is 36.5 Å². The molecule has 0 aliphatic heterocycles. The highest BCUT2D eigenvalue weighted by Gasteiger charge is 2.20. The lowest BCUT2D eigenvalue weighted by Crippen LogP contribution is -2.13. The molecule has 0 bridgehead atoms. The molecule has 24 heavy (non-hydrogen) atoms. The van der Waals surface area contributed by atoms with Crippen LogP contribution in [0.5, 0.6) is 17.2 Å². The van der Waals surface area contributed by atoms with E-state index in [4.69, 9.17) is 38.8 Å². The van der Waals surface area contributed by atoms with E-state index in [9.17, 15) is 13.5 Å². The molecule has 0 atom stereocenters. The number of nitrogens with two attached hydrogens (primary N) is 2. The van der Waals surface area contributed by atoms with E-state index in [0.29, 0.717) is 24.1 Å². The summed E-state index contributed by atoms with van der Waals surface area (Å²) in [5.74, 6) is -0.129. The van der Waals surface area contributed by atoms with Crippen molar-refractivity contribution >= 4 is 38.9 Å². The third kappa shape index (κ3) is 4.05. The van der Waals surface area contributed by atoms with Crippen molar-refractivity contribution in [1.29, 1.82) is 0 Å². The second kappa shape index (κ2) is 7.06. The van der Waals surface area contributed by atoms with Crippen LogP contribution in [0, 0.1) is 0 Å². The summed E-state index contributed by atoms with van der Waals surface area (Å²) in [7, 11) is -4.13. The number of hydrogen-bond acceptors (Lipinski definition) is 5. The highest BCUT2D eigenvalue weighted by molar-refractivity contribution is 7.89. The van der Waals surface area contributed by atoms with Crippen molar-refractivity contribution < 1.29 is 18.3 Å². The SMILES string of the molecule is CCCc1cc(Oc2c(Cl)cc(N)cc2Cl)cc(S(N)(=O)=O)c1O. The fraction of sp³-hybridized carbons (Fsp3) is 0.200. The van der Waals surface area contributed by atoms with E-state index >= 15 is 0 Å². The van der Waals surface area contributed by atoms with Gasteiger partial charge in [-0.15, -0.1) is 0 Å². The van der Waals surface area contributed by atoms with Gasteiger partial charge in [0, 0.05) is 11.8 Å². The Bertz CT molecular complexity index is 862. The van der Waals surface area contributed by atoms with E-state index in [1.165, 1.54) is 18.2 Å². The first-order chi connectivity index (χ1) is 11.1. The van der Waals surface area contributed by atoms with E-state index in [2.05, 4.69) is 0 Å². The fourth-order valence-corrected chi connectivity index (χ4v) is 3.43. The normalized spacial score (nSPS) is 11.5. The van der Waals surface area contributed by atoms with Crippen molar-refractivity contribution in [2.45, 2.75) is 24.7 Å². The zero-order chi connectivity index (χ0) is 18.1. The van der Waals surface area contributed by atoms with Crippen molar-refractivity contribution in [2.75, 3.05) is 5.73 Å². The van der Waals surface area contributed by atoms with Gasteiger partial charge in [0.05, 0.1) is 10.0 Å². The van der Waals surface area contributed by atoms with Crippen molar-refractivity contribution in [1.82, 2.24) is 0 Å². The highest BCUT2D eigenvalue weighted by Crippen LogP contribution is 2.40. The Balaban J connectivity index is 2.57. The molecule has 0 saturated heterocycles. The summed E-state index contributed by atoms with van der Waals surface area (Å²) in [5.41, 5.74) is 6.38. The van der Waals surface area contributed by atoms with Crippen LogP contribution in [0.3, 0.4) is 0 Å². The maximum Gasteiger partial charge on any atom is 0.241 e. The molecule has 9 heteroatoms. The standard InChI is InChI=1S/C15H16Cl2N2O4S/c1-2-3-8-4-10(7-13(14(8)20)24(19,21)22)23-15-11(16)5-9(18)6-12(15)17/h4-7,20H,2-3,18H2,1H3,(H2,19,21,22). The van der Waals surface area contributed by atoms with Crippen LogP contribution in [0.2, 0.25) is 10.0 Å². The Morgan fingerprint density at radius 2 is 1.75 bits per heavy atom. The summed E-state index contributed by atoms with van der Waals surface area (Å²) < 4.78 is 29.0. The maximum absolute atomic E-state index is 11.7. The number of nitrogen functional groups attached to an aromatic ring is 1. The van der Waals surface area contributed by atoms with Crippen molar-refractivity contribution in [3.8, 4) is 17.2 Å². The minimum Gasteiger partial charge on any atom is -0.506 e. The van der Waals surface area contributed by atoms with Crippen LogP contribution < -0.4 is 15.6 Å². The van der Waals surface area contributed by atoms with Crippen LogP contribution >= 0.6 is 23.2 Å². The highest BCUT2D eigenvalue weighted by atomic mass is 35.5. The number of benzene rings is 2. The number of sulfonamides is 1. The largest absolute Gasteiger partial charge is 0.506 e. The topological polar surface area (TPSA) is 116 Å². The second-order valence-electron chi connectivity index (χ2n) is 5.14. The average Bonchev–Trinajstić information content (AvgIpc) is 2.44. The predicted molar refractivity (Wildman–Crippen MR) is 94.4 cm³/mol. The molecule has 0 heterocycles. The van der Waals surface area contributed by atoms with Crippen molar-refractivity contribution in [2.24, 2.45) is 5.14 Å². The minimum atomic E-state index is -4.13. The van der Waals surface area contributed by atoms with Crippen LogP contribution in [-0.4, -0.2) is 13.5 Å². The van der Waals surface area contributed by atoms with Gasteiger partial charge in [-0.2, -0.15) is 0 Å². The summed E-state index contributed by atoms with van der Waals surface area (Å²) in [4.78, 5) is -0.425. The Hall–Kier alpha value is -1.67. The van der Waals surface area contributed by atoms with E-state index in [0.717, 1.165) is 6.07 Å². The van der Waals surface area contributed by atoms with Gasteiger partial charge in [-0.3, -0.25) is 0 Å². The van der Waals surface area contributed by atoms with Gasteiger partial charge in [0.15, 0.2) is 5.75 Å². The molecule has 2 aromatic carbocycles. The van der Waals surface area contributed by atoms with Gasteiger partial charge in [0.25, 0.3) is 0 Å². The molecular formula is C15H16Cl2N2O4S. The Morgan fingerprint density at radius 3 is 2.25 bits per heavy atom. The number of rotatable bonds is 5. The second-order valence-corrected chi connectivity index (χ2v) is 7.48. The smallest absolute Gasteiger partial charge is 0.241 e. The van der Waals surface area contributed by atoms with E-state index in [-0.39, 0.29) is 27.3 Å². The molecule has 2 rings (SSSR count).